The van der Waals surface area contributed by atoms with Gasteiger partial charge >= 0.3 is 6.03 Å². The molecule has 2 unspecified atom stereocenters. The summed E-state index contributed by atoms with van der Waals surface area (Å²) in [5.74, 6) is 1.18. The largest absolute Gasteiger partial charge is 0.396 e. The Morgan fingerprint density at radius 1 is 1.32 bits per heavy atom. The smallest absolute Gasteiger partial charge is 0.315 e. The van der Waals surface area contributed by atoms with Crippen molar-refractivity contribution in [2.24, 2.45) is 5.92 Å². The number of aliphatic hydroxyl groups excluding tert-OH is 1. The highest BCUT2D eigenvalue weighted by Crippen LogP contribution is 2.23. The number of nitrogens with zero attached hydrogens (tertiary/aromatic N) is 2. The van der Waals surface area contributed by atoms with Gasteiger partial charge < -0.3 is 20.3 Å². The normalized spacial score (nSPS) is 20.6. The van der Waals surface area contributed by atoms with E-state index in [9.17, 15) is 9.90 Å². The van der Waals surface area contributed by atoms with Crippen LogP contribution in [0, 0.1) is 5.92 Å². The molecule has 2 atom stereocenters. The van der Waals surface area contributed by atoms with Gasteiger partial charge in [0.2, 0.25) is 0 Å². The molecule has 136 valence electrons. The fraction of sp³-hybridized carbons (Fsp3) is 0.579. The van der Waals surface area contributed by atoms with Crippen LogP contribution in [0.1, 0.15) is 38.4 Å². The van der Waals surface area contributed by atoms with Crippen molar-refractivity contribution in [2.75, 3.05) is 13.2 Å². The summed E-state index contributed by atoms with van der Waals surface area (Å²) in [4.78, 5) is 16.8. The third-order valence-electron chi connectivity index (χ3n) is 5.14. The van der Waals surface area contributed by atoms with Crippen LogP contribution in [0.15, 0.2) is 24.3 Å². The van der Waals surface area contributed by atoms with Gasteiger partial charge in [-0.1, -0.05) is 25.0 Å². The predicted molar refractivity (Wildman–Crippen MR) is 98.5 cm³/mol. The van der Waals surface area contributed by atoms with Crippen LogP contribution < -0.4 is 10.6 Å². The minimum atomic E-state index is -0.149. The second-order valence-electron chi connectivity index (χ2n) is 6.74. The zero-order valence-electron chi connectivity index (χ0n) is 14.9. The van der Waals surface area contributed by atoms with E-state index in [0.29, 0.717) is 13.0 Å². The van der Waals surface area contributed by atoms with Gasteiger partial charge in [0, 0.05) is 38.1 Å². The number of para-hydroxylation sites is 2. The maximum atomic E-state index is 12.2. The van der Waals surface area contributed by atoms with Gasteiger partial charge in [0.1, 0.15) is 5.82 Å². The number of carbonyl (C=O) groups is 1. The Labute approximate surface area is 148 Å². The number of nitrogens with one attached hydrogen (secondary N) is 2. The van der Waals surface area contributed by atoms with Crippen molar-refractivity contribution >= 4 is 17.1 Å². The molecule has 3 rings (SSSR count). The van der Waals surface area contributed by atoms with Crippen LogP contribution in [-0.4, -0.2) is 39.9 Å². The van der Waals surface area contributed by atoms with Crippen LogP contribution in [0.5, 0.6) is 0 Å². The van der Waals surface area contributed by atoms with Gasteiger partial charge in [-0.2, -0.15) is 0 Å². The maximum absolute atomic E-state index is 12.2. The first-order chi connectivity index (χ1) is 12.2. The van der Waals surface area contributed by atoms with Crippen LogP contribution in [0.2, 0.25) is 0 Å². The summed E-state index contributed by atoms with van der Waals surface area (Å²) in [6.07, 6.45) is 4.89. The van der Waals surface area contributed by atoms with Crippen molar-refractivity contribution in [3.05, 3.63) is 30.1 Å². The standard InChI is InChI=1S/C19H28N4O2/c1-2-23-17-10-6-5-9-16(17)21-18(23)11-12-20-19(25)22-15-8-4-3-7-14(15)13-24/h5-6,9-10,14-15,24H,2-4,7-8,11-13H2,1H3,(H2,20,22,25). The minimum absolute atomic E-state index is 0.0824. The van der Waals surface area contributed by atoms with E-state index in [1.54, 1.807) is 0 Å². The predicted octanol–water partition coefficient (Wildman–Crippen LogP) is 2.45. The average molecular weight is 344 g/mol. The highest BCUT2D eigenvalue weighted by molar-refractivity contribution is 5.76. The number of aryl methyl sites for hydroxylation is 1. The molecule has 0 aliphatic heterocycles. The molecule has 1 saturated carbocycles. The minimum Gasteiger partial charge on any atom is -0.396 e. The average Bonchev–Trinajstić information content (AvgIpc) is 2.99. The van der Waals surface area contributed by atoms with Crippen LogP contribution in [0.25, 0.3) is 11.0 Å². The van der Waals surface area contributed by atoms with Crippen molar-refractivity contribution in [2.45, 2.75) is 51.6 Å². The quantitative estimate of drug-likeness (QED) is 0.753. The summed E-state index contributed by atoms with van der Waals surface area (Å²) in [7, 11) is 0. The topological polar surface area (TPSA) is 79.2 Å². The molecule has 1 aromatic carbocycles. The number of hydrogen-bond acceptors (Lipinski definition) is 3. The van der Waals surface area contributed by atoms with Gasteiger partial charge in [0.05, 0.1) is 11.0 Å². The highest BCUT2D eigenvalue weighted by atomic mass is 16.3. The van der Waals surface area contributed by atoms with E-state index in [1.165, 1.54) is 0 Å². The lowest BCUT2D eigenvalue weighted by Crippen LogP contribution is -2.48. The van der Waals surface area contributed by atoms with Crippen LogP contribution in [0.4, 0.5) is 4.79 Å². The maximum Gasteiger partial charge on any atom is 0.315 e. The SMILES string of the molecule is CCn1c(CCNC(=O)NC2CCCCC2CO)nc2ccccc21. The summed E-state index contributed by atoms with van der Waals surface area (Å²) in [5.41, 5.74) is 2.13. The van der Waals surface area contributed by atoms with E-state index < -0.39 is 0 Å². The number of benzene rings is 1. The Balaban J connectivity index is 1.53. The third kappa shape index (κ3) is 4.12. The molecule has 1 aliphatic carbocycles. The molecule has 6 nitrogen and oxygen atoms in total. The molecule has 1 aromatic heterocycles. The summed E-state index contributed by atoms with van der Waals surface area (Å²) in [6.45, 7) is 3.66. The Bertz CT molecular complexity index is 713. The Hall–Kier alpha value is -2.08. The molecule has 3 N–H and O–H groups in total. The van der Waals surface area contributed by atoms with Crippen LogP contribution in [0.3, 0.4) is 0 Å². The number of aromatic nitrogens is 2. The Morgan fingerprint density at radius 2 is 2.12 bits per heavy atom. The van der Waals surface area contributed by atoms with Gasteiger partial charge in [-0.25, -0.2) is 9.78 Å². The fourth-order valence-electron chi connectivity index (χ4n) is 3.79. The second kappa shape index (κ2) is 8.34. The van der Waals surface area contributed by atoms with Crippen molar-refractivity contribution in [1.82, 2.24) is 20.2 Å². The third-order valence-corrected chi connectivity index (χ3v) is 5.14. The molecule has 1 heterocycles. The van der Waals surface area contributed by atoms with Gasteiger partial charge in [0.25, 0.3) is 0 Å². The van der Waals surface area contributed by atoms with E-state index >= 15 is 0 Å². The lowest BCUT2D eigenvalue weighted by Gasteiger charge is -2.30. The van der Waals surface area contributed by atoms with Crippen LogP contribution in [-0.2, 0) is 13.0 Å². The van der Waals surface area contributed by atoms with Crippen molar-refractivity contribution < 1.29 is 9.90 Å². The van der Waals surface area contributed by atoms with E-state index in [-0.39, 0.29) is 24.6 Å². The number of urea groups is 1. The molecular weight excluding hydrogens is 316 g/mol. The van der Waals surface area contributed by atoms with E-state index in [4.69, 9.17) is 0 Å². The van der Waals surface area contributed by atoms with Crippen molar-refractivity contribution in [3.8, 4) is 0 Å². The first-order valence-corrected chi connectivity index (χ1v) is 9.32. The molecule has 2 aromatic rings. The highest BCUT2D eigenvalue weighted by Gasteiger charge is 2.25. The zero-order valence-corrected chi connectivity index (χ0v) is 14.9. The monoisotopic (exact) mass is 344 g/mol. The van der Waals surface area contributed by atoms with Gasteiger partial charge in [-0.3, -0.25) is 0 Å². The fourth-order valence-corrected chi connectivity index (χ4v) is 3.79. The second-order valence-corrected chi connectivity index (χ2v) is 6.74. The molecule has 0 saturated heterocycles. The molecule has 25 heavy (non-hydrogen) atoms. The van der Waals surface area contributed by atoms with Crippen LogP contribution >= 0.6 is 0 Å². The molecule has 1 fully saturated rings. The number of imidazole rings is 1. The molecule has 1 aliphatic rings. The number of aliphatic hydroxyl groups is 1. The number of fused-ring (bicyclic) bond motifs is 1. The zero-order chi connectivity index (χ0) is 17.6. The summed E-state index contributed by atoms with van der Waals surface area (Å²) >= 11 is 0. The van der Waals surface area contributed by atoms with Crippen molar-refractivity contribution in [1.29, 1.82) is 0 Å². The number of carbonyl (C=O) groups excluding carboxylic acids is 1. The van der Waals surface area contributed by atoms with Crippen molar-refractivity contribution in [3.63, 3.8) is 0 Å². The number of amides is 2. The summed E-state index contributed by atoms with van der Waals surface area (Å²) in [5, 5.41) is 15.4. The number of hydrogen-bond donors (Lipinski definition) is 3. The molecular formula is C19H28N4O2. The van der Waals surface area contributed by atoms with E-state index in [1.807, 2.05) is 18.2 Å². The van der Waals surface area contributed by atoms with Gasteiger partial charge in [-0.05, 0) is 31.9 Å². The van der Waals surface area contributed by atoms with Gasteiger partial charge in [0.15, 0.2) is 0 Å². The van der Waals surface area contributed by atoms with E-state index in [2.05, 4.69) is 33.2 Å². The Morgan fingerprint density at radius 3 is 2.92 bits per heavy atom. The molecule has 2 amide bonds. The summed E-state index contributed by atoms with van der Waals surface area (Å²) in [6, 6.07) is 8.04. The first kappa shape index (κ1) is 17.7. The van der Waals surface area contributed by atoms with Gasteiger partial charge in [-0.15, -0.1) is 0 Å². The van der Waals surface area contributed by atoms with E-state index in [0.717, 1.165) is 49.1 Å². The summed E-state index contributed by atoms with van der Waals surface area (Å²) < 4.78 is 2.19. The lowest BCUT2D eigenvalue weighted by molar-refractivity contribution is 0.154. The molecule has 0 spiro atoms. The molecule has 0 radical (unpaired) electrons. The first-order valence-electron chi connectivity index (χ1n) is 9.32. The molecule has 0 bridgehead atoms. The number of rotatable bonds is 6. The molecule has 6 heteroatoms. The lowest BCUT2D eigenvalue weighted by atomic mass is 9.85. The Kier molecular flexibility index (Phi) is 5.91.